The molecule has 24 heavy (non-hydrogen) atoms. The topological polar surface area (TPSA) is 60.9 Å². The van der Waals surface area contributed by atoms with E-state index in [-0.39, 0.29) is 0 Å². The fourth-order valence-corrected chi connectivity index (χ4v) is 4.24. The van der Waals surface area contributed by atoms with Gasteiger partial charge < -0.3 is 9.88 Å². The SMILES string of the molecule is CC1CCN(Cc2nccs2)CC1N(C)c1ncnc2[nH]ccc12. The second kappa shape index (κ2) is 6.49. The molecule has 0 radical (unpaired) electrons. The van der Waals surface area contributed by atoms with Crippen molar-refractivity contribution in [2.24, 2.45) is 5.92 Å². The molecular formula is C17H22N6S. The molecule has 7 heteroatoms. The Bertz CT molecular complexity index is 798. The fraction of sp³-hybridized carbons (Fsp3) is 0.471. The zero-order chi connectivity index (χ0) is 16.5. The smallest absolute Gasteiger partial charge is 0.142 e. The highest BCUT2D eigenvalue weighted by Gasteiger charge is 2.31. The quantitative estimate of drug-likeness (QED) is 0.790. The molecule has 1 N–H and O–H groups in total. The van der Waals surface area contributed by atoms with Crippen LogP contribution in [0.4, 0.5) is 5.82 Å². The highest BCUT2D eigenvalue weighted by atomic mass is 32.1. The highest BCUT2D eigenvalue weighted by Crippen LogP contribution is 2.29. The molecule has 3 aromatic heterocycles. The number of anilines is 1. The monoisotopic (exact) mass is 342 g/mol. The lowest BCUT2D eigenvalue weighted by Gasteiger charge is -2.42. The normalized spacial score (nSPS) is 22.1. The molecule has 4 heterocycles. The van der Waals surface area contributed by atoms with Crippen molar-refractivity contribution in [1.29, 1.82) is 0 Å². The van der Waals surface area contributed by atoms with Gasteiger partial charge in [0.25, 0.3) is 0 Å². The molecule has 0 aromatic carbocycles. The number of aromatic nitrogens is 4. The number of nitrogens with zero attached hydrogens (tertiary/aromatic N) is 5. The van der Waals surface area contributed by atoms with Crippen LogP contribution in [0.5, 0.6) is 0 Å². The molecule has 1 saturated heterocycles. The number of piperidine rings is 1. The number of likely N-dealkylation sites (N-methyl/N-ethyl adjacent to an activating group) is 1. The van der Waals surface area contributed by atoms with E-state index in [1.807, 2.05) is 12.4 Å². The van der Waals surface area contributed by atoms with E-state index in [9.17, 15) is 0 Å². The van der Waals surface area contributed by atoms with E-state index in [2.05, 4.69) is 55.2 Å². The number of rotatable bonds is 4. The predicted molar refractivity (Wildman–Crippen MR) is 97.3 cm³/mol. The summed E-state index contributed by atoms with van der Waals surface area (Å²) in [6.07, 6.45) is 6.66. The lowest BCUT2D eigenvalue weighted by Crippen LogP contribution is -2.50. The van der Waals surface area contributed by atoms with E-state index in [0.29, 0.717) is 12.0 Å². The van der Waals surface area contributed by atoms with Crippen molar-refractivity contribution in [2.45, 2.75) is 25.9 Å². The first kappa shape index (κ1) is 15.5. The van der Waals surface area contributed by atoms with Gasteiger partial charge >= 0.3 is 0 Å². The molecule has 0 saturated carbocycles. The molecule has 126 valence electrons. The molecule has 2 unspecified atom stereocenters. The average Bonchev–Trinajstić information content (AvgIpc) is 3.27. The molecule has 2 atom stereocenters. The third kappa shape index (κ3) is 2.89. The van der Waals surface area contributed by atoms with Gasteiger partial charge in [0.15, 0.2) is 0 Å². The Morgan fingerprint density at radius 3 is 3.12 bits per heavy atom. The summed E-state index contributed by atoms with van der Waals surface area (Å²) in [7, 11) is 2.16. The van der Waals surface area contributed by atoms with Gasteiger partial charge in [-0.25, -0.2) is 15.0 Å². The minimum atomic E-state index is 0.437. The minimum Gasteiger partial charge on any atom is -0.354 e. The van der Waals surface area contributed by atoms with Crippen molar-refractivity contribution in [2.75, 3.05) is 25.0 Å². The number of aromatic amines is 1. The molecular weight excluding hydrogens is 320 g/mol. The lowest BCUT2D eigenvalue weighted by atomic mass is 9.92. The Kier molecular flexibility index (Phi) is 4.20. The first-order valence-corrected chi connectivity index (χ1v) is 9.22. The third-order valence-electron chi connectivity index (χ3n) is 5.01. The molecule has 0 aliphatic carbocycles. The van der Waals surface area contributed by atoms with E-state index < -0.39 is 0 Å². The van der Waals surface area contributed by atoms with Crippen molar-refractivity contribution in [3.63, 3.8) is 0 Å². The van der Waals surface area contributed by atoms with Gasteiger partial charge in [0.05, 0.1) is 11.9 Å². The molecule has 1 aliphatic rings. The predicted octanol–water partition coefficient (Wildman–Crippen LogP) is 2.76. The summed E-state index contributed by atoms with van der Waals surface area (Å²) in [5.74, 6) is 1.64. The van der Waals surface area contributed by atoms with Gasteiger partial charge in [-0.3, -0.25) is 4.90 Å². The number of H-pyrrole nitrogens is 1. The van der Waals surface area contributed by atoms with Gasteiger partial charge in [-0.05, 0) is 24.9 Å². The molecule has 1 fully saturated rings. The van der Waals surface area contributed by atoms with Crippen molar-refractivity contribution in [3.05, 3.63) is 35.2 Å². The average molecular weight is 342 g/mol. The van der Waals surface area contributed by atoms with Crippen LogP contribution in [0.2, 0.25) is 0 Å². The first-order valence-electron chi connectivity index (χ1n) is 8.34. The van der Waals surface area contributed by atoms with Crippen molar-refractivity contribution in [1.82, 2.24) is 24.8 Å². The van der Waals surface area contributed by atoms with Crippen LogP contribution in [-0.2, 0) is 6.54 Å². The Balaban J connectivity index is 1.55. The van der Waals surface area contributed by atoms with Crippen LogP contribution in [-0.4, -0.2) is 51.0 Å². The van der Waals surface area contributed by atoms with Crippen LogP contribution < -0.4 is 4.90 Å². The minimum absolute atomic E-state index is 0.437. The van der Waals surface area contributed by atoms with Gasteiger partial charge in [0, 0.05) is 37.4 Å². The molecule has 3 aromatic rings. The maximum Gasteiger partial charge on any atom is 0.142 e. The maximum atomic E-state index is 4.56. The molecule has 0 amide bonds. The number of fused-ring (bicyclic) bond motifs is 1. The number of nitrogens with one attached hydrogen (secondary N) is 1. The van der Waals surface area contributed by atoms with Crippen LogP contribution in [0.3, 0.4) is 0 Å². The molecule has 1 aliphatic heterocycles. The standard InChI is InChI=1S/C17H22N6S/c1-12-4-7-23(10-15-18-6-8-24-15)9-14(12)22(2)17-13-3-5-19-16(13)20-11-21-17/h3,5-6,8,11-12,14H,4,7,9-10H2,1-2H3,(H,19,20,21). The van der Waals surface area contributed by atoms with Gasteiger partial charge in [-0.2, -0.15) is 0 Å². The lowest BCUT2D eigenvalue weighted by molar-refractivity contribution is 0.159. The van der Waals surface area contributed by atoms with Crippen LogP contribution in [0.15, 0.2) is 30.2 Å². The Labute approximate surface area is 145 Å². The van der Waals surface area contributed by atoms with Gasteiger partial charge in [-0.1, -0.05) is 6.92 Å². The van der Waals surface area contributed by atoms with Gasteiger partial charge in [0.2, 0.25) is 0 Å². The van der Waals surface area contributed by atoms with Crippen LogP contribution in [0.1, 0.15) is 18.4 Å². The molecule has 0 bridgehead atoms. The molecule has 6 nitrogen and oxygen atoms in total. The van der Waals surface area contributed by atoms with Crippen LogP contribution >= 0.6 is 11.3 Å². The zero-order valence-electron chi connectivity index (χ0n) is 14.0. The number of likely N-dealkylation sites (tertiary alicyclic amines) is 1. The number of thiazole rings is 1. The number of hydrogen-bond acceptors (Lipinski definition) is 6. The summed E-state index contributed by atoms with van der Waals surface area (Å²) in [4.78, 5) is 21.3. The zero-order valence-corrected chi connectivity index (χ0v) is 14.8. The van der Waals surface area contributed by atoms with E-state index in [0.717, 1.165) is 36.5 Å². The molecule has 0 spiro atoms. The van der Waals surface area contributed by atoms with E-state index >= 15 is 0 Å². The summed E-state index contributed by atoms with van der Waals surface area (Å²) in [5.41, 5.74) is 0.898. The Hall–Kier alpha value is -1.99. The largest absolute Gasteiger partial charge is 0.354 e. The highest BCUT2D eigenvalue weighted by molar-refractivity contribution is 7.09. The summed E-state index contributed by atoms with van der Waals surface area (Å²) in [5, 5.41) is 4.33. The fourth-order valence-electron chi connectivity index (χ4n) is 3.58. The second-order valence-corrected chi connectivity index (χ2v) is 7.52. The molecule has 4 rings (SSSR count). The van der Waals surface area contributed by atoms with Gasteiger partial charge in [-0.15, -0.1) is 11.3 Å². The Morgan fingerprint density at radius 1 is 1.38 bits per heavy atom. The summed E-state index contributed by atoms with van der Waals surface area (Å²) in [6, 6.07) is 2.49. The van der Waals surface area contributed by atoms with E-state index in [4.69, 9.17) is 0 Å². The second-order valence-electron chi connectivity index (χ2n) is 6.54. The third-order valence-corrected chi connectivity index (χ3v) is 5.77. The van der Waals surface area contributed by atoms with Crippen LogP contribution in [0.25, 0.3) is 11.0 Å². The summed E-state index contributed by atoms with van der Waals surface area (Å²) < 4.78 is 0. The van der Waals surface area contributed by atoms with Crippen LogP contribution in [0, 0.1) is 5.92 Å². The Morgan fingerprint density at radius 2 is 2.29 bits per heavy atom. The van der Waals surface area contributed by atoms with Gasteiger partial charge in [0.1, 0.15) is 22.8 Å². The van der Waals surface area contributed by atoms with Crippen molar-refractivity contribution in [3.8, 4) is 0 Å². The van der Waals surface area contributed by atoms with Crippen molar-refractivity contribution >= 4 is 28.2 Å². The first-order chi connectivity index (χ1) is 11.7. The van der Waals surface area contributed by atoms with E-state index in [1.165, 1.54) is 11.4 Å². The summed E-state index contributed by atoms with van der Waals surface area (Å²) >= 11 is 1.74. The number of hydrogen-bond donors (Lipinski definition) is 1. The maximum absolute atomic E-state index is 4.56. The van der Waals surface area contributed by atoms with E-state index in [1.54, 1.807) is 17.7 Å². The summed E-state index contributed by atoms with van der Waals surface area (Å²) in [6.45, 7) is 5.46. The van der Waals surface area contributed by atoms with Crippen molar-refractivity contribution < 1.29 is 0 Å².